The summed E-state index contributed by atoms with van der Waals surface area (Å²) in [5, 5.41) is 13.0. The van der Waals surface area contributed by atoms with E-state index >= 15 is 0 Å². The van der Waals surface area contributed by atoms with Crippen LogP contribution >= 0.6 is 11.6 Å². The molecular formula is C16H23ClN2. The minimum absolute atomic E-state index is 0.382. The summed E-state index contributed by atoms with van der Waals surface area (Å²) in [6.45, 7) is 4.39. The van der Waals surface area contributed by atoms with Crippen LogP contribution in [-0.2, 0) is 0 Å². The van der Waals surface area contributed by atoms with Crippen molar-refractivity contribution in [2.45, 2.75) is 58.4 Å². The molecule has 0 aliphatic carbocycles. The Hall–Kier alpha value is -1.20. The lowest BCUT2D eigenvalue weighted by Crippen LogP contribution is -2.15. The standard InChI is InChI=1S/C16H23ClN2/c1-3-4-5-6-7-8-13(2)19-16-11-14(12-18)9-10-15(16)17/h9-11,13,19H,3-8H2,1-2H3. The Labute approximate surface area is 121 Å². The highest BCUT2D eigenvalue weighted by Crippen LogP contribution is 2.24. The van der Waals surface area contributed by atoms with Crippen LogP contribution in [0.3, 0.4) is 0 Å². The molecule has 1 aromatic carbocycles. The highest BCUT2D eigenvalue weighted by Gasteiger charge is 2.06. The zero-order valence-corrected chi connectivity index (χ0v) is 12.6. The molecule has 1 N–H and O–H groups in total. The number of anilines is 1. The molecule has 1 atom stereocenters. The number of nitriles is 1. The van der Waals surface area contributed by atoms with Gasteiger partial charge in [0, 0.05) is 6.04 Å². The van der Waals surface area contributed by atoms with Gasteiger partial charge in [0.25, 0.3) is 0 Å². The monoisotopic (exact) mass is 278 g/mol. The number of hydrogen-bond acceptors (Lipinski definition) is 2. The number of nitrogens with zero attached hydrogens (tertiary/aromatic N) is 1. The summed E-state index contributed by atoms with van der Waals surface area (Å²) < 4.78 is 0. The van der Waals surface area contributed by atoms with Crippen molar-refractivity contribution in [2.75, 3.05) is 5.32 Å². The number of unbranched alkanes of at least 4 members (excludes halogenated alkanes) is 4. The molecule has 1 rings (SSSR count). The smallest absolute Gasteiger partial charge is 0.0992 e. The van der Waals surface area contributed by atoms with Crippen LogP contribution in [0.2, 0.25) is 5.02 Å². The van der Waals surface area contributed by atoms with Crippen molar-refractivity contribution >= 4 is 17.3 Å². The van der Waals surface area contributed by atoms with Gasteiger partial charge in [-0.05, 0) is 31.5 Å². The molecule has 0 heterocycles. The van der Waals surface area contributed by atoms with E-state index in [0.717, 1.165) is 12.1 Å². The minimum Gasteiger partial charge on any atom is -0.381 e. The normalized spacial score (nSPS) is 11.9. The topological polar surface area (TPSA) is 35.8 Å². The van der Waals surface area contributed by atoms with E-state index in [2.05, 4.69) is 25.2 Å². The molecule has 19 heavy (non-hydrogen) atoms. The first kappa shape index (κ1) is 15.9. The van der Waals surface area contributed by atoms with Gasteiger partial charge in [-0.15, -0.1) is 0 Å². The highest BCUT2D eigenvalue weighted by atomic mass is 35.5. The molecule has 0 amide bonds. The zero-order chi connectivity index (χ0) is 14.1. The quantitative estimate of drug-likeness (QED) is 0.649. The van der Waals surface area contributed by atoms with E-state index in [4.69, 9.17) is 16.9 Å². The second-order valence-electron chi connectivity index (χ2n) is 5.05. The Morgan fingerprint density at radius 2 is 2.00 bits per heavy atom. The van der Waals surface area contributed by atoms with Crippen LogP contribution in [0.5, 0.6) is 0 Å². The van der Waals surface area contributed by atoms with Crippen LogP contribution < -0.4 is 5.32 Å². The van der Waals surface area contributed by atoms with E-state index in [1.54, 1.807) is 12.1 Å². The largest absolute Gasteiger partial charge is 0.381 e. The molecule has 0 aliphatic rings. The van der Waals surface area contributed by atoms with Gasteiger partial charge in [-0.3, -0.25) is 0 Å². The average molecular weight is 279 g/mol. The maximum atomic E-state index is 8.89. The fourth-order valence-electron chi connectivity index (χ4n) is 2.10. The molecule has 2 nitrogen and oxygen atoms in total. The van der Waals surface area contributed by atoms with Crippen molar-refractivity contribution in [2.24, 2.45) is 0 Å². The predicted molar refractivity (Wildman–Crippen MR) is 82.6 cm³/mol. The number of benzene rings is 1. The fourth-order valence-corrected chi connectivity index (χ4v) is 2.27. The summed E-state index contributed by atoms with van der Waals surface area (Å²) in [7, 11) is 0. The minimum atomic E-state index is 0.382. The molecule has 0 aromatic heterocycles. The Kier molecular flexibility index (Phi) is 7.36. The first-order chi connectivity index (χ1) is 9.17. The van der Waals surface area contributed by atoms with Crippen molar-refractivity contribution in [3.05, 3.63) is 28.8 Å². The number of halogens is 1. The van der Waals surface area contributed by atoms with Crippen LogP contribution in [0.25, 0.3) is 0 Å². The lowest BCUT2D eigenvalue weighted by molar-refractivity contribution is 0.578. The highest BCUT2D eigenvalue weighted by molar-refractivity contribution is 6.33. The lowest BCUT2D eigenvalue weighted by Gasteiger charge is -2.16. The number of hydrogen-bond donors (Lipinski definition) is 1. The van der Waals surface area contributed by atoms with E-state index in [0.29, 0.717) is 16.6 Å². The SMILES string of the molecule is CCCCCCCC(C)Nc1cc(C#N)ccc1Cl. The zero-order valence-electron chi connectivity index (χ0n) is 11.9. The fraction of sp³-hybridized carbons (Fsp3) is 0.562. The van der Waals surface area contributed by atoms with Gasteiger partial charge in [0.05, 0.1) is 22.3 Å². The first-order valence-corrected chi connectivity index (χ1v) is 7.51. The molecule has 1 aromatic rings. The van der Waals surface area contributed by atoms with Crippen molar-refractivity contribution < 1.29 is 0 Å². The molecule has 0 aliphatic heterocycles. The summed E-state index contributed by atoms with van der Waals surface area (Å²) in [6.07, 6.45) is 7.61. The summed E-state index contributed by atoms with van der Waals surface area (Å²) >= 11 is 6.13. The molecule has 3 heteroatoms. The van der Waals surface area contributed by atoms with Crippen molar-refractivity contribution in [3.8, 4) is 6.07 Å². The van der Waals surface area contributed by atoms with Crippen molar-refractivity contribution in [1.82, 2.24) is 0 Å². The van der Waals surface area contributed by atoms with Gasteiger partial charge < -0.3 is 5.32 Å². The van der Waals surface area contributed by atoms with Crippen LogP contribution in [0.4, 0.5) is 5.69 Å². The van der Waals surface area contributed by atoms with Gasteiger partial charge in [0.1, 0.15) is 0 Å². The van der Waals surface area contributed by atoms with Gasteiger partial charge in [-0.25, -0.2) is 0 Å². The maximum absolute atomic E-state index is 8.89. The van der Waals surface area contributed by atoms with Gasteiger partial charge in [-0.2, -0.15) is 5.26 Å². The second kappa shape index (κ2) is 8.82. The van der Waals surface area contributed by atoms with Crippen molar-refractivity contribution in [1.29, 1.82) is 5.26 Å². The van der Waals surface area contributed by atoms with Crippen LogP contribution in [0.15, 0.2) is 18.2 Å². The summed E-state index contributed by atoms with van der Waals surface area (Å²) in [6, 6.07) is 7.85. The Balaban J connectivity index is 2.39. The molecule has 104 valence electrons. The third-order valence-corrected chi connectivity index (χ3v) is 3.57. The van der Waals surface area contributed by atoms with E-state index in [1.807, 2.05) is 6.07 Å². The van der Waals surface area contributed by atoms with Crippen LogP contribution in [0, 0.1) is 11.3 Å². The predicted octanol–water partition coefficient (Wildman–Crippen LogP) is 5.37. The van der Waals surface area contributed by atoms with E-state index in [9.17, 15) is 0 Å². The molecular weight excluding hydrogens is 256 g/mol. The van der Waals surface area contributed by atoms with Gasteiger partial charge in [0.15, 0.2) is 0 Å². The average Bonchev–Trinajstić information content (AvgIpc) is 2.41. The number of rotatable bonds is 8. The third-order valence-electron chi connectivity index (χ3n) is 3.24. The molecule has 0 fully saturated rings. The molecule has 1 unspecified atom stereocenters. The Bertz CT molecular complexity index is 423. The van der Waals surface area contributed by atoms with Gasteiger partial charge in [-0.1, -0.05) is 50.6 Å². The van der Waals surface area contributed by atoms with Crippen molar-refractivity contribution in [3.63, 3.8) is 0 Å². The van der Waals surface area contributed by atoms with E-state index in [-0.39, 0.29) is 0 Å². The Morgan fingerprint density at radius 3 is 2.68 bits per heavy atom. The second-order valence-corrected chi connectivity index (χ2v) is 5.46. The lowest BCUT2D eigenvalue weighted by atomic mass is 10.1. The third kappa shape index (κ3) is 5.98. The summed E-state index contributed by atoms with van der Waals surface area (Å²) in [5.74, 6) is 0. The molecule has 0 saturated carbocycles. The van der Waals surface area contributed by atoms with Gasteiger partial charge in [0.2, 0.25) is 0 Å². The summed E-state index contributed by atoms with van der Waals surface area (Å²) in [5.41, 5.74) is 1.50. The molecule has 0 bridgehead atoms. The van der Waals surface area contributed by atoms with E-state index in [1.165, 1.54) is 32.1 Å². The Morgan fingerprint density at radius 1 is 1.26 bits per heavy atom. The van der Waals surface area contributed by atoms with E-state index < -0.39 is 0 Å². The first-order valence-electron chi connectivity index (χ1n) is 7.13. The molecule has 0 spiro atoms. The van der Waals surface area contributed by atoms with Crippen LogP contribution in [0.1, 0.15) is 57.9 Å². The summed E-state index contributed by atoms with van der Waals surface area (Å²) in [4.78, 5) is 0. The molecule has 0 radical (unpaired) electrons. The van der Waals surface area contributed by atoms with Gasteiger partial charge >= 0.3 is 0 Å². The molecule has 0 saturated heterocycles. The van der Waals surface area contributed by atoms with Crippen LogP contribution in [-0.4, -0.2) is 6.04 Å². The maximum Gasteiger partial charge on any atom is 0.0992 e. The number of nitrogens with one attached hydrogen (secondary N) is 1.